The first-order chi connectivity index (χ1) is 9.79. The number of nitrogens with one attached hydrogen (secondary N) is 1. The van der Waals surface area contributed by atoms with Crippen LogP contribution in [-0.2, 0) is 14.4 Å². The number of likely N-dealkylation sites (tertiary alicyclic amines) is 1. The molecule has 0 aromatic heterocycles. The molecule has 1 fully saturated rings. The summed E-state index contributed by atoms with van der Waals surface area (Å²) in [6.07, 6.45) is -0.236. The summed E-state index contributed by atoms with van der Waals surface area (Å²) in [5, 5.41) is 29.7. The van der Waals surface area contributed by atoms with Gasteiger partial charge < -0.3 is 31.3 Å². The van der Waals surface area contributed by atoms with Gasteiger partial charge in [0, 0.05) is 6.54 Å². The Balaban J connectivity index is 2.73. The van der Waals surface area contributed by atoms with Crippen LogP contribution in [0.4, 0.5) is 0 Å². The van der Waals surface area contributed by atoms with Crippen molar-refractivity contribution in [2.75, 3.05) is 13.2 Å². The number of amides is 2. The number of carbonyl (C=O) groups is 3. The van der Waals surface area contributed by atoms with Gasteiger partial charge in [-0.3, -0.25) is 9.59 Å². The normalized spacial score (nSPS) is 22.5. The fourth-order valence-electron chi connectivity index (χ4n) is 2.16. The van der Waals surface area contributed by atoms with Gasteiger partial charge in [-0.15, -0.1) is 0 Å². The van der Waals surface area contributed by atoms with E-state index in [2.05, 4.69) is 5.32 Å². The van der Waals surface area contributed by atoms with Crippen molar-refractivity contribution in [1.29, 1.82) is 0 Å². The number of hydrogen-bond acceptors (Lipinski definition) is 6. The van der Waals surface area contributed by atoms with Crippen LogP contribution < -0.4 is 11.1 Å². The van der Waals surface area contributed by atoms with Gasteiger partial charge in [-0.2, -0.15) is 0 Å². The Bertz CT molecular complexity index is 414. The number of hydrogen-bond donors (Lipinski definition) is 5. The van der Waals surface area contributed by atoms with Crippen LogP contribution in [0.1, 0.15) is 19.8 Å². The number of carbonyl (C=O) groups excluding carboxylic acids is 2. The summed E-state index contributed by atoms with van der Waals surface area (Å²) in [4.78, 5) is 36.1. The molecule has 0 spiro atoms. The van der Waals surface area contributed by atoms with Gasteiger partial charge in [-0.05, 0) is 19.8 Å². The molecule has 9 nitrogen and oxygen atoms in total. The first kappa shape index (κ1) is 17.3. The largest absolute Gasteiger partial charge is 0.480 e. The van der Waals surface area contributed by atoms with E-state index in [4.69, 9.17) is 10.8 Å². The molecule has 21 heavy (non-hydrogen) atoms. The van der Waals surface area contributed by atoms with E-state index in [1.54, 1.807) is 0 Å². The molecule has 6 N–H and O–H groups in total. The van der Waals surface area contributed by atoms with Crippen LogP contribution in [0.15, 0.2) is 0 Å². The molecule has 120 valence electrons. The molecule has 0 saturated carbocycles. The Morgan fingerprint density at radius 1 is 1.43 bits per heavy atom. The van der Waals surface area contributed by atoms with E-state index in [0.29, 0.717) is 12.8 Å². The van der Waals surface area contributed by atoms with Crippen molar-refractivity contribution < 1.29 is 29.7 Å². The van der Waals surface area contributed by atoms with Crippen molar-refractivity contribution in [3.05, 3.63) is 0 Å². The minimum atomic E-state index is -1.28. The van der Waals surface area contributed by atoms with Gasteiger partial charge in [0.2, 0.25) is 11.8 Å². The second-order valence-electron chi connectivity index (χ2n) is 5.04. The molecule has 0 aromatic rings. The maximum absolute atomic E-state index is 12.2. The summed E-state index contributed by atoms with van der Waals surface area (Å²) in [7, 11) is 0. The molecule has 2 amide bonds. The predicted molar refractivity (Wildman–Crippen MR) is 71.0 cm³/mol. The molecule has 1 aliphatic heterocycles. The van der Waals surface area contributed by atoms with Crippen LogP contribution in [0.5, 0.6) is 0 Å². The second-order valence-corrected chi connectivity index (χ2v) is 5.04. The molecule has 0 aromatic carbocycles. The Labute approximate surface area is 121 Å². The summed E-state index contributed by atoms with van der Waals surface area (Å²) >= 11 is 0. The minimum absolute atomic E-state index is 0.255. The van der Waals surface area contributed by atoms with Gasteiger partial charge in [-0.25, -0.2) is 4.79 Å². The lowest BCUT2D eigenvalue weighted by Gasteiger charge is -2.27. The van der Waals surface area contributed by atoms with E-state index in [9.17, 15) is 24.6 Å². The van der Waals surface area contributed by atoms with Crippen LogP contribution in [0.3, 0.4) is 0 Å². The predicted octanol–water partition coefficient (Wildman–Crippen LogP) is -2.75. The van der Waals surface area contributed by atoms with E-state index in [1.807, 2.05) is 0 Å². The quantitative estimate of drug-likeness (QED) is 0.356. The molecule has 0 radical (unpaired) electrons. The second kappa shape index (κ2) is 7.34. The fourth-order valence-corrected chi connectivity index (χ4v) is 2.16. The summed E-state index contributed by atoms with van der Waals surface area (Å²) in [6, 6.07) is -3.46. The monoisotopic (exact) mass is 303 g/mol. The highest BCUT2D eigenvalue weighted by atomic mass is 16.4. The topological polar surface area (TPSA) is 153 Å². The zero-order valence-electron chi connectivity index (χ0n) is 11.7. The van der Waals surface area contributed by atoms with Crippen LogP contribution in [0, 0.1) is 0 Å². The maximum atomic E-state index is 12.2. The molecular weight excluding hydrogens is 282 g/mol. The van der Waals surface area contributed by atoms with Crippen molar-refractivity contribution in [2.24, 2.45) is 5.73 Å². The average molecular weight is 303 g/mol. The lowest BCUT2D eigenvalue weighted by atomic mass is 10.1. The van der Waals surface area contributed by atoms with E-state index in [-0.39, 0.29) is 6.54 Å². The lowest BCUT2D eigenvalue weighted by molar-refractivity contribution is -0.150. The molecule has 1 rings (SSSR count). The average Bonchev–Trinajstić information content (AvgIpc) is 2.92. The van der Waals surface area contributed by atoms with E-state index in [0.717, 1.165) is 4.90 Å². The number of aliphatic hydroxyl groups excluding tert-OH is 2. The van der Waals surface area contributed by atoms with Crippen LogP contribution in [0.25, 0.3) is 0 Å². The van der Waals surface area contributed by atoms with Gasteiger partial charge in [-0.1, -0.05) is 0 Å². The molecule has 1 aliphatic rings. The zero-order chi connectivity index (χ0) is 16.2. The molecule has 1 heterocycles. The smallest absolute Gasteiger partial charge is 0.326 e. The van der Waals surface area contributed by atoms with E-state index >= 15 is 0 Å². The first-order valence-electron chi connectivity index (χ1n) is 6.67. The fraction of sp³-hybridized carbons (Fsp3) is 0.750. The minimum Gasteiger partial charge on any atom is -0.480 e. The third kappa shape index (κ3) is 4.13. The molecule has 9 heteroatoms. The van der Waals surface area contributed by atoms with Crippen molar-refractivity contribution in [3.63, 3.8) is 0 Å². The van der Waals surface area contributed by atoms with Gasteiger partial charge in [0.1, 0.15) is 18.1 Å². The summed E-state index contributed by atoms with van der Waals surface area (Å²) < 4.78 is 0. The van der Waals surface area contributed by atoms with E-state index < -0.39 is 48.6 Å². The highest BCUT2D eigenvalue weighted by molar-refractivity contribution is 5.92. The van der Waals surface area contributed by atoms with E-state index in [1.165, 1.54) is 6.92 Å². The van der Waals surface area contributed by atoms with Gasteiger partial charge in [0.05, 0.1) is 12.7 Å². The Hall–Kier alpha value is -1.71. The first-order valence-corrected chi connectivity index (χ1v) is 6.67. The van der Waals surface area contributed by atoms with Crippen molar-refractivity contribution in [2.45, 2.75) is 44.0 Å². The summed E-state index contributed by atoms with van der Waals surface area (Å²) in [5.74, 6) is -2.58. The van der Waals surface area contributed by atoms with Crippen molar-refractivity contribution >= 4 is 17.8 Å². The van der Waals surface area contributed by atoms with Crippen molar-refractivity contribution in [3.8, 4) is 0 Å². The van der Waals surface area contributed by atoms with Crippen molar-refractivity contribution in [1.82, 2.24) is 10.2 Å². The summed E-state index contributed by atoms with van der Waals surface area (Å²) in [5.41, 5.74) is 5.43. The number of nitrogens with zero attached hydrogens (tertiary/aromatic N) is 1. The molecular formula is C12H21N3O6. The van der Waals surface area contributed by atoms with Crippen LogP contribution in [0.2, 0.25) is 0 Å². The number of aliphatic hydroxyl groups is 2. The number of carboxylic acid groups (broad SMARTS) is 1. The maximum Gasteiger partial charge on any atom is 0.326 e. The van der Waals surface area contributed by atoms with Crippen LogP contribution in [-0.4, -0.2) is 75.4 Å². The Morgan fingerprint density at radius 3 is 2.52 bits per heavy atom. The third-order valence-electron chi connectivity index (χ3n) is 3.44. The number of carboxylic acids is 1. The zero-order valence-corrected chi connectivity index (χ0v) is 11.7. The molecule has 4 unspecified atom stereocenters. The van der Waals surface area contributed by atoms with Gasteiger partial charge >= 0.3 is 5.97 Å². The number of aliphatic carboxylic acids is 1. The van der Waals surface area contributed by atoms with Gasteiger partial charge in [0.15, 0.2) is 0 Å². The highest BCUT2D eigenvalue weighted by Gasteiger charge is 2.37. The Kier molecular flexibility index (Phi) is 6.06. The number of rotatable bonds is 6. The molecule has 4 atom stereocenters. The third-order valence-corrected chi connectivity index (χ3v) is 3.44. The summed E-state index contributed by atoms with van der Waals surface area (Å²) in [6.45, 7) is 0.894. The highest BCUT2D eigenvalue weighted by Crippen LogP contribution is 2.18. The van der Waals surface area contributed by atoms with Gasteiger partial charge in [0.25, 0.3) is 0 Å². The SMILES string of the molecule is CC(O)C(N)C(=O)NC(CO)C(=O)N1CCCC1C(=O)O. The lowest BCUT2D eigenvalue weighted by Crippen LogP contribution is -2.57. The molecule has 1 saturated heterocycles. The molecule has 0 aliphatic carbocycles. The van der Waals surface area contributed by atoms with Crippen LogP contribution >= 0.6 is 0 Å². The Morgan fingerprint density at radius 2 is 2.05 bits per heavy atom. The standard InChI is InChI=1S/C12H21N3O6/c1-6(17)9(13)10(18)14-7(5-16)11(19)15-4-2-3-8(15)12(20)21/h6-9,16-17H,2-5,13H2,1H3,(H,14,18)(H,20,21). The number of nitrogens with two attached hydrogens (primary N) is 1. The molecule has 0 bridgehead atoms.